The Morgan fingerprint density at radius 2 is 2.00 bits per heavy atom. The van der Waals surface area contributed by atoms with E-state index >= 15 is 0 Å². The van der Waals surface area contributed by atoms with E-state index in [0.717, 1.165) is 16.3 Å². The van der Waals surface area contributed by atoms with Gasteiger partial charge >= 0.3 is 5.69 Å². The molecule has 22 heavy (non-hydrogen) atoms. The summed E-state index contributed by atoms with van der Waals surface area (Å²) in [5.41, 5.74) is 1.68. The van der Waals surface area contributed by atoms with Gasteiger partial charge in [-0.05, 0) is 16.3 Å². The fourth-order valence-corrected chi connectivity index (χ4v) is 3.17. The summed E-state index contributed by atoms with van der Waals surface area (Å²) < 4.78 is 0. The van der Waals surface area contributed by atoms with Crippen LogP contribution in [0.15, 0.2) is 71.0 Å². The number of hydrogen-bond donors (Lipinski definition) is 1. The predicted octanol–water partition coefficient (Wildman–Crippen LogP) is 3.79. The van der Waals surface area contributed by atoms with Gasteiger partial charge in [0.15, 0.2) is 0 Å². The van der Waals surface area contributed by atoms with Crippen LogP contribution in [-0.4, -0.2) is 15.7 Å². The topological polar surface area (TPSA) is 45.8 Å². The van der Waals surface area contributed by atoms with Crippen molar-refractivity contribution in [3.05, 3.63) is 83.1 Å². The van der Waals surface area contributed by atoms with E-state index in [0.29, 0.717) is 6.42 Å². The zero-order valence-electron chi connectivity index (χ0n) is 12.1. The molecule has 4 heteroatoms. The number of aromatic amines is 1. The maximum atomic E-state index is 11.6. The van der Waals surface area contributed by atoms with Gasteiger partial charge in [0.25, 0.3) is 0 Å². The molecule has 3 aromatic rings. The molecule has 0 unspecified atom stereocenters. The lowest BCUT2D eigenvalue weighted by Crippen LogP contribution is -2.13. The van der Waals surface area contributed by atoms with Crippen molar-refractivity contribution >= 4 is 22.5 Å². The minimum atomic E-state index is -0.307. The first-order valence-corrected chi connectivity index (χ1v) is 8.05. The Morgan fingerprint density at radius 3 is 2.86 bits per heavy atom. The quantitative estimate of drug-likeness (QED) is 0.576. The molecule has 0 amide bonds. The summed E-state index contributed by atoms with van der Waals surface area (Å²) in [5, 5.41) is 2.40. The van der Waals surface area contributed by atoms with Crippen molar-refractivity contribution in [2.75, 3.05) is 5.75 Å². The fraction of sp³-hybridized carbons (Fsp3) is 0.111. The van der Waals surface area contributed by atoms with Crippen LogP contribution in [0.25, 0.3) is 10.8 Å². The second kappa shape index (κ2) is 6.62. The minimum Gasteiger partial charge on any atom is -0.312 e. The van der Waals surface area contributed by atoms with Crippen LogP contribution in [0.4, 0.5) is 0 Å². The zero-order chi connectivity index (χ0) is 15.4. The third-order valence-electron chi connectivity index (χ3n) is 3.44. The van der Waals surface area contributed by atoms with Crippen LogP contribution < -0.4 is 5.69 Å². The van der Waals surface area contributed by atoms with Gasteiger partial charge < -0.3 is 4.98 Å². The van der Waals surface area contributed by atoms with Gasteiger partial charge in [0.2, 0.25) is 0 Å². The number of fused-ring (bicyclic) bond motifs is 1. The molecule has 0 saturated carbocycles. The summed E-state index contributed by atoms with van der Waals surface area (Å²) in [4.78, 5) is 19.4. The van der Waals surface area contributed by atoms with E-state index in [1.807, 2.05) is 24.3 Å². The molecule has 3 nitrogen and oxygen atoms in total. The van der Waals surface area contributed by atoms with Crippen molar-refractivity contribution in [2.24, 2.45) is 0 Å². The summed E-state index contributed by atoms with van der Waals surface area (Å²) >= 11 is 1.63. The number of aromatic nitrogens is 2. The van der Waals surface area contributed by atoms with E-state index in [1.54, 1.807) is 18.0 Å². The van der Waals surface area contributed by atoms with Crippen LogP contribution in [0.3, 0.4) is 0 Å². The molecule has 0 aliphatic heterocycles. The SMILES string of the molecule is C=CCSc1c[nH]c(=O)nc1Cc1cccc2ccccc12. The predicted molar refractivity (Wildman–Crippen MR) is 92.5 cm³/mol. The zero-order valence-corrected chi connectivity index (χ0v) is 12.9. The summed E-state index contributed by atoms with van der Waals surface area (Å²) in [5.74, 6) is 0.788. The molecule has 0 saturated heterocycles. The maximum Gasteiger partial charge on any atom is 0.345 e. The second-order valence-corrected chi connectivity index (χ2v) is 5.99. The van der Waals surface area contributed by atoms with Crippen molar-refractivity contribution in [3.8, 4) is 0 Å². The molecule has 0 spiro atoms. The molecule has 0 aliphatic rings. The lowest BCUT2D eigenvalue weighted by Gasteiger charge is -2.09. The van der Waals surface area contributed by atoms with Gasteiger partial charge in [-0.15, -0.1) is 18.3 Å². The molecule has 1 N–H and O–H groups in total. The molecule has 110 valence electrons. The van der Waals surface area contributed by atoms with Crippen molar-refractivity contribution in [2.45, 2.75) is 11.3 Å². The highest BCUT2D eigenvalue weighted by atomic mass is 32.2. The summed E-state index contributed by atoms with van der Waals surface area (Å²) in [7, 11) is 0. The van der Waals surface area contributed by atoms with Crippen LogP contribution in [0.2, 0.25) is 0 Å². The number of nitrogens with one attached hydrogen (secondary N) is 1. The van der Waals surface area contributed by atoms with Gasteiger partial charge in [-0.2, -0.15) is 4.98 Å². The van der Waals surface area contributed by atoms with Crippen LogP contribution in [0.1, 0.15) is 11.3 Å². The molecule has 0 fully saturated rings. The van der Waals surface area contributed by atoms with E-state index in [4.69, 9.17) is 0 Å². The third kappa shape index (κ3) is 3.12. The molecule has 2 aromatic carbocycles. The van der Waals surface area contributed by atoms with Crippen LogP contribution in [0, 0.1) is 0 Å². The summed E-state index contributed by atoms with van der Waals surface area (Å²) in [6.45, 7) is 3.73. The molecular formula is C18H16N2OS. The molecule has 0 radical (unpaired) electrons. The van der Waals surface area contributed by atoms with Gasteiger partial charge in [0.05, 0.1) is 5.69 Å². The first-order chi connectivity index (χ1) is 10.8. The Labute approximate surface area is 133 Å². The first kappa shape index (κ1) is 14.6. The van der Waals surface area contributed by atoms with E-state index in [9.17, 15) is 4.79 Å². The standard InChI is InChI=1S/C18H16N2OS/c1-2-10-22-17-12-19-18(21)20-16(17)11-14-8-5-7-13-6-3-4-9-15(13)14/h2-9,12H,1,10-11H2,(H,19,20,21). The first-order valence-electron chi connectivity index (χ1n) is 7.07. The Kier molecular flexibility index (Phi) is 4.39. The van der Waals surface area contributed by atoms with Crippen LogP contribution in [0.5, 0.6) is 0 Å². The lowest BCUT2D eigenvalue weighted by molar-refractivity contribution is 0.925. The van der Waals surface area contributed by atoms with E-state index < -0.39 is 0 Å². The molecule has 3 rings (SSSR count). The van der Waals surface area contributed by atoms with E-state index in [1.165, 1.54) is 16.3 Å². The third-order valence-corrected chi connectivity index (χ3v) is 4.51. The number of rotatable bonds is 5. The van der Waals surface area contributed by atoms with Gasteiger partial charge in [0.1, 0.15) is 0 Å². The number of thioether (sulfide) groups is 1. The van der Waals surface area contributed by atoms with Gasteiger partial charge in [-0.1, -0.05) is 48.5 Å². The highest BCUT2D eigenvalue weighted by Crippen LogP contribution is 2.25. The molecule has 1 aromatic heterocycles. The largest absolute Gasteiger partial charge is 0.345 e. The normalized spacial score (nSPS) is 10.7. The average Bonchev–Trinajstić information content (AvgIpc) is 2.54. The summed E-state index contributed by atoms with van der Waals surface area (Å²) in [6.07, 6.45) is 4.23. The Morgan fingerprint density at radius 1 is 1.18 bits per heavy atom. The van der Waals surface area contributed by atoms with Crippen molar-refractivity contribution in [1.82, 2.24) is 9.97 Å². The van der Waals surface area contributed by atoms with Crippen LogP contribution >= 0.6 is 11.8 Å². The van der Waals surface area contributed by atoms with Crippen LogP contribution in [-0.2, 0) is 6.42 Å². The van der Waals surface area contributed by atoms with Crippen molar-refractivity contribution < 1.29 is 0 Å². The molecule has 0 aliphatic carbocycles. The highest BCUT2D eigenvalue weighted by Gasteiger charge is 2.09. The number of hydrogen-bond acceptors (Lipinski definition) is 3. The Hall–Kier alpha value is -2.33. The lowest BCUT2D eigenvalue weighted by atomic mass is 10.0. The van der Waals surface area contributed by atoms with Crippen molar-refractivity contribution in [1.29, 1.82) is 0 Å². The fourth-order valence-electron chi connectivity index (χ4n) is 2.45. The molecule has 0 atom stereocenters. The van der Waals surface area contributed by atoms with Gasteiger partial charge in [0, 0.05) is 23.3 Å². The van der Waals surface area contributed by atoms with Gasteiger partial charge in [-0.25, -0.2) is 4.79 Å². The smallest absolute Gasteiger partial charge is 0.312 e. The Bertz CT molecular complexity index is 865. The van der Waals surface area contributed by atoms with E-state index in [-0.39, 0.29) is 5.69 Å². The number of nitrogens with zero attached hydrogens (tertiary/aromatic N) is 1. The monoisotopic (exact) mass is 308 g/mol. The molecular weight excluding hydrogens is 292 g/mol. The maximum absolute atomic E-state index is 11.6. The number of benzene rings is 2. The average molecular weight is 308 g/mol. The van der Waals surface area contributed by atoms with E-state index in [2.05, 4.69) is 40.8 Å². The number of H-pyrrole nitrogens is 1. The van der Waals surface area contributed by atoms with Gasteiger partial charge in [-0.3, -0.25) is 0 Å². The molecule has 0 bridgehead atoms. The van der Waals surface area contributed by atoms with Crippen molar-refractivity contribution in [3.63, 3.8) is 0 Å². The molecule has 1 heterocycles. The summed E-state index contributed by atoms with van der Waals surface area (Å²) in [6, 6.07) is 14.5. The highest BCUT2D eigenvalue weighted by molar-refractivity contribution is 7.99. The minimum absolute atomic E-state index is 0.307. The Balaban J connectivity index is 2.02. The second-order valence-electron chi connectivity index (χ2n) is 4.93.